The summed E-state index contributed by atoms with van der Waals surface area (Å²) in [4.78, 5) is 35.0. The highest BCUT2D eigenvalue weighted by Gasteiger charge is 2.30. The van der Waals surface area contributed by atoms with E-state index in [0.29, 0.717) is 83.9 Å². The van der Waals surface area contributed by atoms with Gasteiger partial charge in [0.1, 0.15) is 28.7 Å². The summed E-state index contributed by atoms with van der Waals surface area (Å²) in [6, 6.07) is 4.66. The molecule has 1 N–H and O–H groups in total. The van der Waals surface area contributed by atoms with E-state index in [-0.39, 0.29) is 10.5 Å². The Bertz CT molecular complexity index is 1460. The van der Waals surface area contributed by atoms with Crippen LogP contribution in [0.15, 0.2) is 27.9 Å². The zero-order chi connectivity index (χ0) is 24.7. The zero-order valence-electron chi connectivity index (χ0n) is 19.2. The van der Waals surface area contributed by atoms with Crippen LogP contribution in [-0.2, 0) is 21.3 Å². The Balaban J connectivity index is 1.28. The van der Waals surface area contributed by atoms with Gasteiger partial charge < -0.3 is 19.2 Å². The number of aromatic amines is 1. The fourth-order valence-corrected chi connectivity index (χ4v) is 6.78. The Morgan fingerprint density at radius 1 is 1.17 bits per heavy atom. The largest absolute Gasteiger partial charge is 0.486 e. The molecule has 2 aromatic heterocycles. The number of sulfonamides is 1. The lowest BCUT2D eigenvalue weighted by molar-refractivity contribution is 0.0605. The predicted molar refractivity (Wildman–Crippen MR) is 128 cm³/mol. The highest BCUT2D eigenvalue weighted by molar-refractivity contribution is 7.89. The quantitative estimate of drug-likeness (QED) is 0.495. The molecule has 0 saturated carbocycles. The van der Waals surface area contributed by atoms with Crippen molar-refractivity contribution in [2.75, 3.05) is 46.5 Å². The first-order chi connectivity index (χ1) is 16.8. The van der Waals surface area contributed by atoms with Gasteiger partial charge in [0.2, 0.25) is 10.0 Å². The molecule has 1 fully saturated rings. The van der Waals surface area contributed by atoms with Crippen LogP contribution in [0.5, 0.6) is 11.5 Å². The standard InChI is InChI=1S/C22H24N4O7S2/c1-13-18-20(27)23-17(24-21(18)34-19(13)22(28)31-2)12-25-5-7-26(8-6-25)35(29,30)14-3-4-15-16(11-14)33-10-9-32-15/h3-4,11H,5-10,12H2,1-2H3,(H,23,24,27). The fourth-order valence-electron chi connectivity index (χ4n) is 4.22. The molecule has 0 aliphatic carbocycles. The van der Waals surface area contributed by atoms with Gasteiger partial charge in [-0.25, -0.2) is 18.2 Å². The maximum atomic E-state index is 13.2. The second kappa shape index (κ2) is 9.22. The van der Waals surface area contributed by atoms with E-state index in [4.69, 9.17) is 14.2 Å². The summed E-state index contributed by atoms with van der Waals surface area (Å²) in [6.07, 6.45) is 0. The van der Waals surface area contributed by atoms with E-state index in [1.807, 2.05) is 4.90 Å². The van der Waals surface area contributed by atoms with Crippen molar-refractivity contribution in [1.82, 2.24) is 19.2 Å². The van der Waals surface area contributed by atoms with E-state index in [9.17, 15) is 18.0 Å². The minimum absolute atomic E-state index is 0.168. The van der Waals surface area contributed by atoms with E-state index in [0.717, 1.165) is 11.3 Å². The van der Waals surface area contributed by atoms with E-state index in [1.54, 1.807) is 13.0 Å². The SMILES string of the molecule is COC(=O)c1sc2nc(CN3CCN(S(=O)(=O)c4ccc5c(c4)OCCO5)CC3)[nH]c(=O)c2c1C. The Kier molecular flexibility index (Phi) is 6.25. The first kappa shape index (κ1) is 23.7. The molecule has 13 heteroatoms. The van der Waals surface area contributed by atoms with Crippen LogP contribution < -0.4 is 15.0 Å². The number of esters is 1. The first-order valence-electron chi connectivity index (χ1n) is 11.0. The Morgan fingerprint density at radius 2 is 1.89 bits per heavy atom. The van der Waals surface area contributed by atoms with E-state index < -0.39 is 16.0 Å². The minimum atomic E-state index is -3.68. The molecule has 186 valence electrons. The molecule has 0 spiro atoms. The molecule has 2 aliphatic rings. The summed E-state index contributed by atoms with van der Waals surface area (Å²) in [5, 5.41) is 0.384. The third-order valence-corrected chi connectivity index (χ3v) is 9.14. The van der Waals surface area contributed by atoms with Gasteiger partial charge in [-0.3, -0.25) is 9.69 Å². The second-order valence-corrected chi connectivity index (χ2v) is 11.2. The maximum absolute atomic E-state index is 13.2. The van der Waals surface area contributed by atoms with Crippen LogP contribution in [0.4, 0.5) is 0 Å². The van der Waals surface area contributed by atoms with Crippen LogP contribution in [0, 0.1) is 6.92 Å². The van der Waals surface area contributed by atoms with Gasteiger partial charge in [0.25, 0.3) is 5.56 Å². The Morgan fingerprint density at radius 3 is 2.60 bits per heavy atom. The molecule has 0 radical (unpaired) electrons. The average molecular weight is 521 g/mol. The number of H-pyrrole nitrogens is 1. The Hall–Kier alpha value is -3.00. The number of nitrogens with one attached hydrogen (secondary N) is 1. The molecular formula is C22H24N4O7S2. The van der Waals surface area contributed by atoms with Crippen LogP contribution in [-0.4, -0.2) is 80.1 Å². The lowest BCUT2D eigenvalue weighted by atomic mass is 10.2. The van der Waals surface area contributed by atoms with E-state index in [1.165, 1.54) is 23.5 Å². The number of rotatable bonds is 5. The smallest absolute Gasteiger partial charge is 0.348 e. The molecule has 5 rings (SSSR count). The number of fused-ring (bicyclic) bond motifs is 2. The van der Waals surface area contributed by atoms with Crippen molar-refractivity contribution < 1.29 is 27.4 Å². The number of aromatic nitrogens is 2. The number of hydrogen-bond donors (Lipinski definition) is 1. The number of ether oxygens (including phenoxy) is 3. The predicted octanol–water partition coefficient (Wildman–Crippen LogP) is 1.36. The van der Waals surface area contributed by atoms with Crippen LogP contribution in [0.2, 0.25) is 0 Å². The van der Waals surface area contributed by atoms with E-state index >= 15 is 0 Å². The molecule has 35 heavy (non-hydrogen) atoms. The Labute approximate surface area is 205 Å². The second-order valence-electron chi connectivity index (χ2n) is 8.23. The fraction of sp³-hybridized carbons (Fsp3) is 0.409. The van der Waals surface area contributed by atoms with Gasteiger partial charge in [-0.2, -0.15) is 4.31 Å². The minimum Gasteiger partial charge on any atom is -0.486 e. The van der Waals surface area contributed by atoms with Crippen LogP contribution in [0.25, 0.3) is 10.2 Å². The molecule has 0 atom stereocenters. The van der Waals surface area contributed by atoms with Crippen molar-refractivity contribution in [2.24, 2.45) is 0 Å². The summed E-state index contributed by atoms with van der Waals surface area (Å²) >= 11 is 1.13. The van der Waals surface area contributed by atoms with Crippen molar-refractivity contribution >= 4 is 37.5 Å². The van der Waals surface area contributed by atoms with Gasteiger partial charge in [-0.15, -0.1) is 11.3 Å². The van der Waals surface area contributed by atoms with Crippen LogP contribution in [0.3, 0.4) is 0 Å². The lowest BCUT2D eigenvalue weighted by Gasteiger charge is -2.33. The zero-order valence-corrected chi connectivity index (χ0v) is 20.8. The molecule has 4 heterocycles. The third kappa shape index (κ3) is 4.40. The molecule has 0 amide bonds. The van der Waals surface area contributed by atoms with Crippen molar-refractivity contribution in [3.05, 3.63) is 44.8 Å². The average Bonchev–Trinajstić information content (AvgIpc) is 3.20. The third-order valence-electron chi connectivity index (χ3n) is 6.08. The molecular weight excluding hydrogens is 496 g/mol. The van der Waals surface area contributed by atoms with Gasteiger partial charge in [-0.05, 0) is 24.6 Å². The molecule has 3 aromatic rings. The molecule has 0 bridgehead atoms. The number of carbonyl (C=O) groups is 1. The maximum Gasteiger partial charge on any atom is 0.348 e. The summed E-state index contributed by atoms with van der Waals surface area (Å²) in [6.45, 7) is 4.42. The van der Waals surface area contributed by atoms with Crippen molar-refractivity contribution in [3.8, 4) is 11.5 Å². The molecule has 2 aliphatic heterocycles. The monoisotopic (exact) mass is 520 g/mol. The summed E-state index contributed by atoms with van der Waals surface area (Å²) in [5.41, 5.74) is 0.240. The number of nitrogens with zero attached hydrogens (tertiary/aromatic N) is 3. The molecule has 1 saturated heterocycles. The van der Waals surface area contributed by atoms with Crippen molar-refractivity contribution in [2.45, 2.75) is 18.4 Å². The highest BCUT2D eigenvalue weighted by Crippen LogP contribution is 2.33. The molecule has 0 unspecified atom stereocenters. The summed E-state index contributed by atoms with van der Waals surface area (Å²) < 4.78 is 43.5. The van der Waals surface area contributed by atoms with E-state index in [2.05, 4.69) is 9.97 Å². The number of benzene rings is 1. The molecule has 1 aromatic carbocycles. The topological polar surface area (TPSA) is 131 Å². The van der Waals surface area contributed by atoms with Crippen LogP contribution >= 0.6 is 11.3 Å². The summed E-state index contributed by atoms with van der Waals surface area (Å²) in [5.74, 6) is 0.934. The molecule has 11 nitrogen and oxygen atoms in total. The first-order valence-corrected chi connectivity index (χ1v) is 13.3. The number of hydrogen-bond acceptors (Lipinski definition) is 10. The van der Waals surface area contributed by atoms with Gasteiger partial charge in [0.15, 0.2) is 11.5 Å². The van der Waals surface area contributed by atoms with Gasteiger partial charge in [0.05, 0.1) is 23.9 Å². The lowest BCUT2D eigenvalue weighted by Crippen LogP contribution is -2.48. The van der Waals surface area contributed by atoms with Gasteiger partial charge in [0, 0.05) is 32.2 Å². The van der Waals surface area contributed by atoms with Gasteiger partial charge in [-0.1, -0.05) is 0 Å². The summed E-state index contributed by atoms with van der Waals surface area (Å²) in [7, 11) is -2.39. The number of thiophene rings is 1. The number of methoxy groups -OCH3 is 1. The highest BCUT2D eigenvalue weighted by atomic mass is 32.2. The van der Waals surface area contributed by atoms with Gasteiger partial charge >= 0.3 is 5.97 Å². The number of piperazine rings is 1. The van der Waals surface area contributed by atoms with Crippen molar-refractivity contribution in [1.29, 1.82) is 0 Å². The number of aryl methyl sites for hydroxylation is 1. The number of carbonyl (C=O) groups excluding carboxylic acids is 1. The van der Waals surface area contributed by atoms with Crippen molar-refractivity contribution in [3.63, 3.8) is 0 Å². The van der Waals surface area contributed by atoms with Crippen LogP contribution in [0.1, 0.15) is 21.1 Å². The normalized spacial score (nSPS) is 17.0.